The molecule has 0 unspecified atom stereocenters. The lowest BCUT2D eigenvalue weighted by atomic mass is 10.2. The minimum Gasteiger partial charge on any atom is -0.494 e. The van der Waals surface area contributed by atoms with Crippen molar-refractivity contribution in [2.45, 2.75) is 26.8 Å². The van der Waals surface area contributed by atoms with E-state index in [1.54, 1.807) is 12.4 Å². The topological polar surface area (TPSA) is 86.2 Å². The minimum atomic E-state index is -0.195. The quantitative estimate of drug-likeness (QED) is 0.359. The van der Waals surface area contributed by atoms with Gasteiger partial charge in [-0.3, -0.25) is 9.78 Å². The lowest BCUT2D eigenvalue weighted by Gasteiger charge is -2.11. The zero-order valence-corrected chi connectivity index (χ0v) is 19.3. The maximum absolute atomic E-state index is 12.8. The Morgan fingerprint density at radius 2 is 1.79 bits per heavy atom. The summed E-state index contributed by atoms with van der Waals surface area (Å²) in [5.41, 5.74) is 2.19. The van der Waals surface area contributed by atoms with Gasteiger partial charge in [0.1, 0.15) is 21.4 Å². The highest BCUT2D eigenvalue weighted by Crippen LogP contribution is 2.27. The fourth-order valence-electron chi connectivity index (χ4n) is 3.05. The predicted octanol–water partition coefficient (Wildman–Crippen LogP) is 5.42. The molecule has 4 rings (SSSR count). The second-order valence-corrected chi connectivity index (χ2v) is 8.22. The molecule has 7 nitrogen and oxygen atoms in total. The number of ether oxygens (including phenoxy) is 2. The highest BCUT2D eigenvalue weighted by atomic mass is 32.1. The molecule has 0 bridgehead atoms. The summed E-state index contributed by atoms with van der Waals surface area (Å²) in [6, 6.07) is 16.7. The van der Waals surface area contributed by atoms with Crippen LogP contribution in [0.4, 0.5) is 0 Å². The number of nitrogens with one attached hydrogen (secondary N) is 1. The molecule has 0 atom stereocenters. The van der Waals surface area contributed by atoms with Gasteiger partial charge in [0.15, 0.2) is 0 Å². The Balaban J connectivity index is 1.42. The van der Waals surface area contributed by atoms with Gasteiger partial charge >= 0.3 is 0 Å². The average Bonchev–Trinajstić information content (AvgIpc) is 3.25. The SMILES string of the molecule is CCCOc1ccc(Oc2ncccc2CNC(=O)c2sc(-c3ccccn3)nc2C)cc1. The fourth-order valence-corrected chi connectivity index (χ4v) is 4.01. The summed E-state index contributed by atoms with van der Waals surface area (Å²) < 4.78 is 11.6. The number of rotatable bonds is 9. The molecule has 168 valence electrons. The summed E-state index contributed by atoms with van der Waals surface area (Å²) in [6.45, 7) is 4.84. The molecule has 0 aliphatic rings. The lowest BCUT2D eigenvalue weighted by molar-refractivity contribution is 0.0954. The highest BCUT2D eigenvalue weighted by Gasteiger charge is 2.17. The van der Waals surface area contributed by atoms with Crippen molar-refractivity contribution < 1.29 is 14.3 Å². The first-order valence-electron chi connectivity index (χ1n) is 10.7. The first-order valence-corrected chi connectivity index (χ1v) is 11.5. The van der Waals surface area contributed by atoms with E-state index in [2.05, 4.69) is 27.2 Å². The van der Waals surface area contributed by atoms with Gasteiger partial charge in [-0.1, -0.05) is 19.1 Å². The average molecular weight is 461 g/mol. The molecule has 0 radical (unpaired) electrons. The number of hydrogen-bond acceptors (Lipinski definition) is 7. The van der Waals surface area contributed by atoms with Crippen LogP contribution in [0.3, 0.4) is 0 Å². The molecular weight excluding hydrogens is 436 g/mol. The number of pyridine rings is 2. The third-order valence-electron chi connectivity index (χ3n) is 4.69. The fraction of sp³-hybridized carbons (Fsp3) is 0.200. The van der Waals surface area contributed by atoms with Crippen LogP contribution in [0.1, 0.15) is 34.3 Å². The largest absolute Gasteiger partial charge is 0.494 e. The number of hydrogen-bond donors (Lipinski definition) is 1. The van der Waals surface area contributed by atoms with Crippen molar-refractivity contribution in [3.8, 4) is 28.1 Å². The van der Waals surface area contributed by atoms with Gasteiger partial charge in [-0.2, -0.15) is 0 Å². The van der Waals surface area contributed by atoms with Gasteiger partial charge < -0.3 is 14.8 Å². The lowest BCUT2D eigenvalue weighted by Crippen LogP contribution is -2.23. The Hall–Kier alpha value is -3.78. The summed E-state index contributed by atoms with van der Waals surface area (Å²) in [4.78, 5) is 26.6. The van der Waals surface area contributed by atoms with E-state index < -0.39 is 0 Å². The number of thiazole rings is 1. The summed E-state index contributed by atoms with van der Waals surface area (Å²) in [7, 11) is 0. The molecular formula is C25H24N4O3S. The second-order valence-electron chi connectivity index (χ2n) is 7.22. The molecule has 1 N–H and O–H groups in total. The van der Waals surface area contributed by atoms with Crippen molar-refractivity contribution in [2.75, 3.05) is 6.61 Å². The summed E-state index contributed by atoms with van der Waals surface area (Å²) in [6.07, 6.45) is 4.32. The van der Waals surface area contributed by atoms with E-state index in [0.717, 1.165) is 28.4 Å². The van der Waals surface area contributed by atoms with E-state index in [1.807, 2.05) is 61.5 Å². The minimum absolute atomic E-state index is 0.195. The van der Waals surface area contributed by atoms with E-state index in [4.69, 9.17) is 9.47 Å². The van der Waals surface area contributed by atoms with Crippen LogP contribution in [0.2, 0.25) is 0 Å². The van der Waals surface area contributed by atoms with Crippen LogP contribution < -0.4 is 14.8 Å². The molecule has 33 heavy (non-hydrogen) atoms. The predicted molar refractivity (Wildman–Crippen MR) is 128 cm³/mol. The maximum atomic E-state index is 12.8. The van der Waals surface area contributed by atoms with Crippen molar-refractivity contribution in [1.29, 1.82) is 0 Å². The third-order valence-corrected chi connectivity index (χ3v) is 5.87. The first-order chi connectivity index (χ1) is 16.1. The van der Waals surface area contributed by atoms with Gasteiger partial charge in [-0.05, 0) is 55.8 Å². The van der Waals surface area contributed by atoms with Gasteiger partial charge in [0, 0.05) is 24.5 Å². The van der Waals surface area contributed by atoms with Crippen LogP contribution in [0.15, 0.2) is 67.0 Å². The van der Waals surface area contributed by atoms with Crippen LogP contribution in [-0.4, -0.2) is 27.5 Å². The monoisotopic (exact) mass is 460 g/mol. The standard InChI is InChI=1S/C25H24N4O3S/c1-3-15-31-19-9-11-20(12-10-19)32-24-18(7-6-14-27-24)16-28-23(30)22-17(2)29-25(33-22)21-8-4-5-13-26-21/h4-14H,3,15-16H2,1-2H3,(H,28,30). The van der Waals surface area contributed by atoms with Crippen LogP contribution in [0.25, 0.3) is 10.7 Å². The molecule has 0 fully saturated rings. The van der Waals surface area contributed by atoms with E-state index >= 15 is 0 Å². The zero-order valence-electron chi connectivity index (χ0n) is 18.4. The number of carbonyl (C=O) groups excluding carboxylic acids is 1. The number of aryl methyl sites for hydroxylation is 1. The molecule has 1 amide bonds. The smallest absolute Gasteiger partial charge is 0.263 e. The molecule has 0 saturated carbocycles. The number of nitrogens with zero attached hydrogens (tertiary/aromatic N) is 3. The molecule has 3 aromatic heterocycles. The Kier molecular flexibility index (Phi) is 7.26. The second kappa shape index (κ2) is 10.7. The summed E-state index contributed by atoms with van der Waals surface area (Å²) >= 11 is 1.33. The number of aromatic nitrogens is 3. The summed E-state index contributed by atoms with van der Waals surface area (Å²) in [5.74, 6) is 1.68. The van der Waals surface area contributed by atoms with Crippen molar-refractivity contribution in [1.82, 2.24) is 20.3 Å². The van der Waals surface area contributed by atoms with E-state index in [1.165, 1.54) is 11.3 Å². The van der Waals surface area contributed by atoms with Crippen LogP contribution in [0.5, 0.6) is 17.4 Å². The first kappa shape index (κ1) is 22.4. The normalized spacial score (nSPS) is 10.6. The van der Waals surface area contributed by atoms with Gasteiger partial charge in [-0.15, -0.1) is 11.3 Å². The number of benzene rings is 1. The third kappa shape index (κ3) is 5.72. The molecule has 0 aliphatic heterocycles. The van der Waals surface area contributed by atoms with Crippen molar-refractivity contribution in [3.05, 3.63) is 83.1 Å². The van der Waals surface area contributed by atoms with E-state index in [-0.39, 0.29) is 12.5 Å². The molecule has 8 heteroatoms. The molecule has 0 saturated heterocycles. The Bertz CT molecular complexity index is 1210. The van der Waals surface area contributed by atoms with Gasteiger partial charge in [0.25, 0.3) is 5.91 Å². The molecule has 4 aromatic rings. The molecule has 0 aliphatic carbocycles. The van der Waals surface area contributed by atoms with E-state index in [9.17, 15) is 4.79 Å². The Labute approximate surface area is 196 Å². The molecule has 0 spiro atoms. The molecule has 3 heterocycles. The maximum Gasteiger partial charge on any atom is 0.263 e. The van der Waals surface area contributed by atoms with Crippen LogP contribution in [-0.2, 0) is 6.54 Å². The Morgan fingerprint density at radius 3 is 2.55 bits per heavy atom. The van der Waals surface area contributed by atoms with Crippen LogP contribution >= 0.6 is 11.3 Å². The number of carbonyl (C=O) groups is 1. The van der Waals surface area contributed by atoms with Crippen molar-refractivity contribution in [3.63, 3.8) is 0 Å². The van der Waals surface area contributed by atoms with E-state index in [0.29, 0.717) is 28.8 Å². The number of amides is 1. The van der Waals surface area contributed by atoms with Gasteiger partial charge in [0.05, 0.1) is 18.0 Å². The zero-order chi connectivity index (χ0) is 23.0. The van der Waals surface area contributed by atoms with Gasteiger partial charge in [-0.25, -0.2) is 9.97 Å². The highest BCUT2D eigenvalue weighted by molar-refractivity contribution is 7.17. The Morgan fingerprint density at radius 1 is 1.00 bits per heavy atom. The van der Waals surface area contributed by atoms with Gasteiger partial charge in [0.2, 0.25) is 5.88 Å². The van der Waals surface area contributed by atoms with Crippen molar-refractivity contribution in [2.24, 2.45) is 0 Å². The van der Waals surface area contributed by atoms with Crippen molar-refractivity contribution >= 4 is 17.2 Å². The van der Waals surface area contributed by atoms with Crippen LogP contribution in [0, 0.1) is 6.92 Å². The summed E-state index contributed by atoms with van der Waals surface area (Å²) in [5, 5.41) is 3.67. The molecule has 1 aromatic carbocycles.